The molecule has 206 valence electrons. The molecule has 0 aromatic carbocycles. The average molecular weight is 565 g/mol. The van der Waals surface area contributed by atoms with E-state index in [2.05, 4.69) is 13.4 Å². The minimum absolute atomic E-state index is 0.398. The third kappa shape index (κ3) is 6.54. The van der Waals surface area contributed by atoms with Gasteiger partial charge in [0.2, 0.25) is 0 Å². The lowest BCUT2D eigenvalue weighted by Crippen LogP contribution is -2.59. The van der Waals surface area contributed by atoms with Crippen LogP contribution in [0.2, 0.25) is 0 Å². The number of aliphatic hydroxyl groups is 5. The van der Waals surface area contributed by atoms with E-state index < -0.39 is 95.3 Å². The molecular weight excluding hydrogens is 540 g/mol. The van der Waals surface area contributed by atoms with Crippen LogP contribution in [0, 0.1) is 0 Å². The summed E-state index contributed by atoms with van der Waals surface area (Å²) < 4.78 is 48.4. The van der Waals surface area contributed by atoms with E-state index in [1.165, 1.54) is 0 Å². The van der Waals surface area contributed by atoms with Gasteiger partial charge in [0.15, 0.2) is 12.5 Å². The van der Waals surface area contributed by atoms with Crippen molar-refractivity contribution in [2.24, 2.45) is 5.73 Å². The number of hydrogen-bond donors (Lipinski definition) is 9. The summed E-state index contributed by atoms with van der Waals surface area (Å²) in [4.78, 5) is 44.6. The molecule has 0 bridgehead atoms. The fraction of sp³-hybridized carbons (Fsp3) is 0.733. The predicted octanol–water partition coefficient (Wildman–Crippen LogP) is -4.83. The number of nitrogens with one attached hydrogen (secondary N) is 1. The number of hydrogen-bond acceptors (Lipinski definition) is 15. The van der Waals surface area contributed by atoms with E-state index in [-0.39, 0.29) is 0 Å². The molecule has 36 heavy (non-hydrogen) atoms. The minimum Gasteiger partial charge on any atom is -0.388 e. The first-order valence-electron chi connectivity index (χ1n) is 10.1. The van der Waals surface area contributed by atoms with Gasteiger partial charge in [-0.1, -0.05) is 0 Å². The van der Waals surface area contributed by atoms with Gasteiger partial charge in [-0.2, -0.15) is 4.31 Å². The molecule has 6 unspecified atom stereocenters. The van der Waals surface area contributed by atoms with Crippen LogP contribution in [-0.4, -0.2) is 107 Å². The van der Waals surface area contributed by atoms with Gasteiger partial charge in [-0.05, 0) is 0 Å². The molecule has 0 saturated carbocycles. The van der Waals surface area contributed by atoms with E-state index in [1.807, 2.05) is 4.98 Å². The van der Waals surface area contributed by atoms with Crippen LogP contribution in [0.5, 0.6) is 0 Å². The molecule has 0 spiro atoms. The Bertz CT molecular complexity index is 1130. The first-order valence-corrected chi connectivity index (χ1v) is 13.1. The first-order chi connectivity index (χ1) is 16.7. The maximum absolute atomic E-state index is 12.2. The lowest BCUT2D eigenvalue weighted by atomic mass is 9.99. The van der Waals surface area contributed by atoms with E-state index in [0.717, 1.165) is 16.8 Å². The molecule has 0 amide bonds. The lowest BCUT2D eigenvalue weighted by Gasteiger charge is -2.39. The number of aromatic amines is 1. The summed E-state index contributed by atoms with van der Waals surface area (Å²) >= 11 is 0. The Morgan fingerprint density at radius 2 is 1.58 bits per heavy atom. The standard InChI is InChI=1S/C15H25N3O16P2/c16-3-5-8(20)10(22)12(24)14(32-5)33-36(28,29)34-35(26,27)30-4-6-9(21)11(23)13(31-6)18-2-1-7(19)17-15(18)25/h1-2,5-6,8-14,20-24H,3-4,16H2,(H,26,27)(H,28,29)(H,17,19,25)/t5?,6?,8-,9+,10-,11+,12-,13?,14?/m0/s1. The smallest absolute Gasteiger partial charge is 0.388 e. The Balaban J connectivity index is 1.61. The highest BCUT2D eigenvalue weighted by Gasteiger charge is 2.49. The van der Waals surface area contributed by atoms with Crippen molar-refractivity contribution in [2.75, 3.05) is 13.2 Å². The van der Waals surface area contributed by atoms with Gasteiger partial charge in [-0.3, -0.25) is 23.4 Å². The van der Waals surface area contributed by atoms with Gasteiger partial charge in [0.05, 0.1) is 6.61 Å². The second kappa shape index (κ2) is 11.2. The number of rotatable bonds is 9. The molecule has 10 N–H and O–H groups in total. The number of nitrogens with zero attached hydrogens (tertiary/aromatic N) is 1. The molecule has 3 rings (SSSR count). The van der Waals surface area contributed by atoms with Gasteiger partial charge in [-0.15, -0.1) is 0 Å². The third-order valence-electron chi connectivity index (χ3n) is 5.21. The molecule has 0 aliphatic carbocycles. The molecule has 2 fully saturated rings. The van der Waals surface area contributed by atoms with Crippen LogP contribution < -0.4 is 17.0 Å². The van der Waals surface area contributed by atoms with Crippen LogP contribution in [-0.2, 0) is 32.0 Å². The van der Waals surface area contributed by atoms with Crippen LogP contribution in [0.3, 0.4) is 0 Å². The summed E-state index contributed by atoms with van der Waals surface area (Å²) in [6.45, 7) is -1.41. The molecule has 2 aliphatic rings. The fourth-order valence-electron chi connectivity index (χ4n) is 3.39. The van der Waals surface area contributed by atoms with Crippen molar-refractivity contribution < 1.29 is 67.3 Å². The monoisotopic (exact) mass is 565 g/mol. The summed E-state index contributed by atoms with van der Waals surface area (Å²) in [5.74, 6) is 0. The van der Waals surface area contributed by atoms with Crippen molar-refractivity contribution in [2.45, 2.75) is 55.2 Å². The number of phosphoric acid groups is 2. The highest BCUT2D eigenvalue weighted by molar-refractivity contribution is 7.61. The topological polar surface area (TPSA) is 303 Å². The van der Waals surface area contributed by atoms with E-state index in [4.69, 9.17) is 15.2 Å². The molecule has 11 atom stereocenters. The molecule has 1 aromatic heterocycles. The van der Waals surface area contributed by atoms with Gasteiger partial charge in [0.1, 0.15) is 42.7 Å². The Kier molecular flexibility index (Phi) is 9.05. The van der Waals surface area contributed by atoms with Crippen molar-refractivity contribution in [1.82, 2.24) is 9.55 Å². The Morgan fingerprint density at radius 3 is 2.19 bits per heavy atom. The van der Waals surface area contributed by atoms with E-state index >= 15 is 0 Å². The number of nitrogens with two attached hydrogens (primary N) is 1. The highest BCUT2D eigenvalue weighted by Crippen LogP contribution is 2.61. The maximum atomic E-state index is 12.2. The molecule has 1 aromatic rings. The summed E-state index contributed by atoms with van der Waals surface area (Å²) in [7, 11) is -11.0. The quantitative estimate of drug-likeness (QED) is 0.127. The van der Waals surface area contributed by atoms with Gasteiger partial charge in [0.25, 0.3) is 5.56 Å². The van der Waals surface area contributed by atoms with E-state index in [9.17, 15) is 54.0 Å². The second-order valence-corrected chi connectivity index (χ2v) is 10.7. The summed E-state index contributed by atoms with van der Waals surface area (Å²) in [5.41, 5.74) is 3.59. The van der Waals surface area contributed by atoms with Crippen molar-refractivity contribution in [3.8, 4) is 0 Å². The van der Waals surface area contributed by atoms with Crippen molar-refractivity contribution in [1.29, 1.82) is 0 Å². The largest absolute Gasteiger partial charge is 0.483 e. The molecule has 2 aliphatic heterocycles. The summed E-state index contributed by atoms with van der Waals surface area (Å²) in [6, 6.07) is 0.935. The zero-order chi connectivity index (χ0) is 27.0. The van der Waals surface area contributed by atoms with Crippen molar-refractivity contribution in [3.05, 3.63) is 33.1 Å². The third-order valence-corrected chi connectivity index (χ3v) is 7.81. The van der Waals surface area contributed by atoms with Crippen LogP contribution in [0.4, 0.5) is 0 Å². The Labute approximate surface area is 200 Å². The molecule has 19 nitrogen and oxygen atoms in total. The molecule has 3 heterocycles. The lowest BCUT2D eigenvalue weighted by molar-refractivity contribution is -0.273. The minimum atomic E-state index is -5.55. The van der Waals surface area contributed by atoms with Crippen LogP contribution in [0.15, 0.2) is 21.9 Å². The predicted molar refractivity (Wildman–Crippen MR) is 111 cm³/mol. The molecular formula is C15H25N3O16P2. The number of aromatic nitrogens is 2. The van der Waals surface area contributed by atoms with Crippen molar-refractivity contribution in [3.63, 3.8) is 0 Å². The first kappa shape index (κ1) is 29.2. The average Bonchev–Trinajstić information content (AvgIpc) is 3.06. The molecule has 21 heteroatoms. The highest BCUT2D eigenvalue weighted by atomic mass is 31.3. The summed E-state index contributed by atoms with van der Waals surface area (Å²) in [5, 5.41) is 49.6. The van der Waals surface area contributed by atoms with Gasteiger partial charge >= 0.3 is 21.3 Å². The van der Waals surface area contributed by atoms with Crippen LogP contribution in [0.1, 0.15) is 6.23 Å². The second-order valence-electron chi connectivity index (χ2n) is 7.73. The number of phosphoric ester groups is 2. The zero-order valence-corrected chi connectivity index (χ0v) is 19.8. The van der Waals surface area contributed by atoms with E-state index in [1.54, 1.807) is 0 Å². The van der Waals surface area contributed by atoms with Gasteiger partial charge < -0.3 is 50.5 Å². The zero-order valence-electron chi connectivity index (χ0n) is 18.0. The number of aliphatic hydroxyl groups excluding tert-OH is 5. The molecule has 2 saturated heterocycles. The van der Waals surface area contributed by atoms with Gasteiger partial charge in [-0.25, -0.2) is 13.9 Å². The Morgan fingerprint density at radius 1 is 0.944 bits per heavy atom. The van der Waals surface area contributed by atoms with Crippen LogP contribution >= 0.6 is 15.6 Å². The summed E-state index contributed by atoms with van der Waals surface area (Å²) in [6.07, 6.45) is -14.8. The molecule has 0 radical (unpaired) electrons. The van der Waals surface area contributed by atoms with Crippen molar-refractivity contribution >= 4 is 15.6 Å². The Hall–Kier alpha value is -1.38. The SMILES string of the molecule is NCC1OC(OP(=O)(O)OP(=O)(O)OCC2OC(n3ccc(=O)[nH]c3=O)[C@H](O)[C@@H]2O)[C@@H](O)[C@@H](O)[C@H]1O. The van der Waals surface area contributed by atoms with Crippen LogP contribution in [0.25, 0.3) is 0 Å². The van der Waals surface area contributed by atoms with E-state index in [0.29, 0.717) is 0 Å². The number of ether oxygens (including phenoxy) is 2. The van der Waals surface area contributed by atoms with Gasteiger partial charge in [0, 0.05) is 18.8 Å². The fourth-order valence-corrected chi connectivity index (χ4v) is 5.55. The number of H-pyrrole nitrogens is 1. The normalized spacial score (nSPS) is 38.4. The maximum Gasteiger partial charge on any atom is 0.483 e.